The Balaban J connectivity index is 0. The summed E-state index contributed by atoms with van der Waals surface area (Å²) >= 11 is 3.53. The van der Waals surface area contributed by atoms with Gasteiger partial charge in [0.05, 0.1) is 0 Å². The molecule has 2 aromatic rings. The number of benzene rings is 2. The summed E-state index contributed by atoms with van der Waals surface area (Å²) in [5, 5.41) is 9.10. The number of aliphatic hydroxyl groups is 1. The Bertz CT molecular complexity index is 705. The van der Waals surface area contributed by atoms with E-state index >= 15 is 0 Å². The van der Waals surface area contributed by atoms with Crippen LogP contribution < -0.4 is 0 Å². The number of aryl methyl sites for hydroxylation is 2. The van der Waals surface area contributed by atoms with Crippen molar-refractivity contribution in [2.45, 2.75) is 66.2 Å². The SMILES string of the molecule is C.C.Cc1ccc(SCC(C)(C)C=O)cc1.Cc1ccc(SCC(C)(C)CO)cc1. The molecule has 0 saturated heterocycles. The maximum absolute atomic E-state index is 10.7. The molecule has 2 rings (SSSR count). The molecule has 4 heteroatoms. The van der Waals surface area contributed by atoms with Gasteiger partial charge in [-0.05, 0) is 43.5 Å². The molecule has 0 unspecified atom stereocenters. The van der Waals surface area contributed by atoms with Crippen LogP contribution in [0.5, 0.6) is 0 Å². The highest BCUT2D eigenvalue weighted by Crippen LogP contribution is 2.27. The van der Waals surface area contributed by atoms with Gasteiger partial charge in [-0.15, -0.1) is 23.5 Å². The topological polar surface area (TPSA) is 37.3 Å². The summed E-state index contributed by atoms with van der Waals surface area (Å²) in [7, 11) is 0. The number of aldehydes is 1. The van der Waals surface area contributed by atoms with Gasteiger partial charge in [0.1, 0.15) is 6.29 Å². The van der Waals surface area contributed by atoms with E-state index in [1.165, 1.54) is 20.9 Å². The molecule has 0 fully saturated rings. The van der Waals surface area contributed by atoms with Gasteiger partial charge in [-0.3, -0.25) is 0 Å². The molecule has 0 aliphatic carbocycles. The third-order valence-electron chi connectivity index (χ3n) is 4.03. The van der Waals surface area contributed by atoms with E-state index in [-0.39, 0.29) is 32.3 Å². The zero-order valence-electron chi connectivity index (χ0n) is 18.0. The van der Waals surface area contributed by atoms with Crippen molar-refractivity contribution in [3.8, 4) is 0 Å². The van der Waals surface area contributed by atoms with Crippen LogP contribution >= 0.6 is 23.5 Å². The van der Waals surface area contributed by atoms with E-state index in [4.69, 9.17) is 5.11 Å². The largest absolute Gasteiger partial charge is 0.396 e. The molecule has 0 aliphatic heterocycles. The highest BCUT2D eigenvalue weighted by atomic mass is 32.2. The van der Waals surface area contributed by atoms with Gasteiger partial charge >= 0.3 is 0 Å². The molecule has 2 aromatic carbocycles. The third kappa shape index (κ3) is 13.1. The number of carbonyl (C=O) groups is 1. The number of carbonyl (C=O) groups excluding carboxylic acids is 1. The highest BCUT2D eigenvalue weighted by Gasteiger charge is 2.17. The lowest BCUT2D eigenvalue weighted by atomic mass is 9.98. The molecular formula is C26H42O2S2. The number of hydrogen-bond acceptors (Lipinski definition) is 4. The molecule has 0 heterocycles. The molecule has 0 atom stereocenters. The zero-order valence-corrected chi connectivity index (χ0v) is 19.6. The quantitative estimate of drug-likeness (QED) is 0.330. The molecule has 0 aliphatic rings. The van der Waals surface area contributed by atoms with Crippen LogP contribution in [-0.2, 0) is 4.79 Å². The van der Waals surface area contributed by atoms with Crippen LogP contribution in [0.4, 0.5) is 0 Å². The monoisotopic (exact) mass is 450 g/mol. The van der Waals surface area contributed by atoms with E-state index in [0.717, 1.165) is 17.8 Å². The molecule has 0 bridgehead atoms. The van der Waals surface area contributed by atoms with Gasteiger partial charge in [-0.1, -0.05) is 77.9 Å². The average Bonchev–Trinajstić information content (AvgIpc) is 2.68. The summed E-state index contributed by atoms with van der Waals surface area (Å²) in [4.78, 5) is 13.2. The van der Waals surface area contributed by atoms with Crippen molar-refractivity contribution >= 4 is 29.8 Å². The first-order valence-corrected chi connectivity index (χ1v) is 11.5. The van der Waals surface area contributed by atoms with E-state index in [2.05, 4.69) is 76.2 Å². The lowest BCUT2D eigenvalue weighted by Crippen LogP contribution is -2.19. The molecule has 30 heavy (non-hydrogen) atoms. The fraction of sp³-hybridized carbons (Fsp3) is 0.500. The van der Waals surface area contributed by atoms with Gasteiger partial charge in [0, 0.05) is 33.3 Å². The number of thioether (sulfide) groups is 2. The standard InChI is InChI=1S/C12H18OS.C12H16OS.2CH4/c2*1-10-4-6-11(7-5-10)14-9-12(2,3)8-13;;/h4-7,13H,8-9H2,1-3H3;4-8H,9H2,1-3H3;2*1H4. The lowest BCUT2D eigenvalue weighted by Gasteiger charge is -2.20. The lowest BCUT2D eigenvalue weighted by molar-refractivity contribution is -0.113. The van der Waals surface area contributed by atoms with E-state index in [9.17, 15) is 4.79 Å². The smallest absolute Gasteiger partial charge is 0.126 e. The average molecular weight is 451 g/mol. The Hall–Kier alpha value is -1.23. The second-order valence-electron chi connectivity index (χ2n) is 8.63. The van der Waals surface area contributed by atoms with E-state index < -0.39 is 0 Å². The fourth-order valence-corrected chi connectivity index (χ4v) is 3.81. The van der Waals surface area contributed by atoms with Crippen LogP contribution in [0.1, 0.15) is 53.7 Å². The van der Waals surface area contributed by atoms with Gasteiger partial charge in [0.25, 0.3) is 0 Å². The summed E-state index contributed by atoms with van der Waals surface area (Å²) < 4.78 is 0. The first-order chi connectivity index (χ1) is 13.1. The predicted molar refractivity (Wildman–Crippen MR) is 138 cm³/mol. The first kappa shape index (κ1) is 31.0. The molecule has 1 N–H and O–H groups in total. The maximum atomic E-state index is 10.7. The van der Waals surface area contributed by atoms with Crippen molar-refractivity contribution in [2.24, 2.45) is 10.8 Å². The normalized spacial score (nSPS) is 10.8. The maximum Gasteiger partial charge on any atom is 0.126 e. The molecule has 0 amide bonds. The Labute approximate surface area is 194 Å². The minimum Gasteiger partial charge on any atom is -0.396 e. The second-order valence-corrected chi connectivity index (χ2v) is 10.7. The zero-order chi connectivity index (χ0) is 21.2. The van der Waals surface area contributed by atoms with E-state index in [1.807, 2.05) is 13.8 Å². The van der Waals surface area contributed by atoms with Crippen LogP contribution in [-0.4, -0.2) is 29.5 Å². The van der Waals surface area contributed by atoms with Crippen LogP contribution in [0.25, 0.3) is 0 Å². The summed E-state index contributed by atoms with van der Waals surface area (Å²) in [6.45, 7) is 12.5. The summed E-state index contributed by atoms with van der Waals surface area (Å²) in [6, 6.07) is 16.9. The highest BCUT2D eigenvalue weighted by molar-refractivity contribution is 7.99. The Kier molecular flexibility index (Phi) is 15.2. The molecule has 0 aromatic heterocycles. The minimum atomic E-state index is -0.227. The van der Waals surface area contributed by atoms with Gasteiger partial charge in [0.2, 0.25) is 0 Å². The number of hydrogen-bond donors (Lipinski definition) is 1. The van der Waals surface area contributed by atoms with Crippen LogP contribution in [0.2, 0.25) is 0 Å². The molecule has 0 spiro atoms. The molecule has 0 saturated carbocycles. The second kappa shape index (κ2) is 14.7. The van der Waals surface area contributed by atoms with Crippen molar-refractivity contribution in [1.29, 1.82) is 0 Å². The minimum absolute atomic E-state index is 0. The van der Waals surface area contributed by atoms with Crippen molar-refractivity contribution in [3.05, 3.63) is 59.7 Å². The van der Waals surface area contributed by atoms with Crippen molar-refractivity contribution in [2.75, 3.05) is 18.1 Å². The summed E-state index contributed by atoms with van der Waals surface area (Å²) in [5.74, 6) is 1.78. The Morgan fingerprint density at radius 3 is 1.47 bits per heavy atom. The fourth-order valence-electron chi connectivity index (χ4n) is 1.90. The summed E-state index contributed by atoms with van der Waals surface area (Å²) in [6.07, 6.45) is 1.02. The number of aliphatic hydroxyl groups excluding tert-OH is 1. The van der Waals surface area contributed by atoms with Crippen LogP contribution in [0.3, 0.4) is 0 Å². The van der Waals surface area contributed by atoms with E-state index in [1.54, 1.807) is 23.5 Å². The predicted octanol–water partition coefficient (Wildman–Crippen LogP) is 7.69. The third-order valence-corrected chi connectivity index (χ3v) is 7.05. The van der Waals surface area contributed by atoms with Gasteiger partial charge < -0.3 is 9.90 Å². The number of rotatable bonds is 8. The Morgan fingerprint density at radius 1 is 0.767 bits per heavy atom. The van der Waals surface area contributed by atoms with Crippen molar-refractivity contribution in [1.82, 2.24) is 0 Å². The molecule has 170 valence electrons. The van der Waals surface area contributed by atoms with Gasteiger partial charge in [-0.2, -0.15) is 0 Å². The van der Waals surface area contributed by atoms with Crippen LogP contribution in [0, 0.1) is 24.7 Å². The van der Waals surface area contributed by atoms with E-state index in [0.29, 0.717) is 0 Å². The van der Waals surface area contributed by atoms with Crippen LogP contribution in [0.15, 0.2) is 58.3 Å². The van der Waals surface area contributed by atoms with Crippen molar-refractivity contribution < 1.29 is 9.90 Å². The molecular weight excluding hydrogens is 408 g/mol. The van der Waals surface area contributed by atoms with Crippen molar-refractivity contribution in [3.63, 3.8) is 0 Å². The van der Waals surface area contributed by atoms with Gasteiger partial charge in [0.15, 0.2) is 0 Å². The molecule has 2 nitrogen and oxygen atoms in total. The Morgan fingerprint density at radius 2 is 1.13 bits per heavy atom. The summed E-state index contributed by atoms with van der Waals surface area (Å²) in [5.41, 5.74) is 2.34. The van der Waals surface area contributed by atoms with Gasteiger partial charge in [-0.25, -0.2) is 0 Å². The first-order valence-electron chi connectivity index (χ1n) is 9.53. The molecule has 0 radical (unpaired) electrons.